The van der Waals surface area contributed by atoms with Crippen molar-refractivity contribution in [1.82, 2.24) is 5.32 Å². The second-order valence-corrected chi connectivity index (χ2v) is 9.89. The third-order valence-electron chi connectivity index (χ3n) is 5.75. The number of nitrogens with one attached hydrogen (secondary N) is 2. The van der Waals surface area contributed by atoms with Crippen molar-refractivity contribution in [3.8, 4) is 6.07 Å². The summed E-state index contributed by atoms with van der Waals surface area (Å²) in [7, 11) is 0. The Kier molecular flexibility index (Phi) is 6.02. The number of halogens is 6. The summed E-state index contributed by atoms with van der Waals surface area (Å²) >= 11 is 18.6. The van der Waals surface area contributed by atoms with Crippen LogP contribution in [0.2, 0.25) is 5.02 Å². The van der Waals surface area contributed by atoms with Gasteiger partial charge in [-0.25, -0.2) is 13.2 Å². The predicted octanol–water partition coefficient (Wildman–Crippen LogP) is 5.73. The van der Waals surface area contributed by atoms with E-state index in [0.717, 1.165) is 12.1 Å². The van der Waals surface area contributed by atoms with Gasteiger partial charge in [0.15, 0.2) is 0 Å². The van der Waals surface area contributed by atoms with Crippen molar-refractivity contribution in [2.24, 2.45) is 5.92 Å². The first-order valence-electron chi connectivity index (χ1n) is 9.78. The zero-order valence-electron chi connectivity index (χ0n) is 16.6. The Morgan fingerprint density at radius 1 is 1.15 bits per heavy atom. The van der Waals surface area contributed by atoms with Gasteiger partial charge in [0.25, 0.3) is 12.3 Å². The summed E-state index contributed by atoms with van der Waals surface area (Å²) in [5.74, 6) is -4.08. The second-order valence-electron chi connectivity index (χ2n) is 8.04. The van der Waals surface area contributed by atoms with Crippen molar-refractivity contribution in [2.75, 3.05) is 5.32 Å². The van der Waals surface area contributed by atoms with Crippen LogP contribution >= 0.6 is 34.8 Å². The van der Waals surface area contributed by atoms with E-state index in [9.17, 15) is 22.8 Å². The lowest BCUT2D eigenvalue weighted by molar-refractivity contribution is -0.117. The van der Waals surface area contributed by atoms with Crippen LogP contribution in [0.3, 0.4) is 0 Å². The molecule has 2 unspecified atom stereocenters. The molecule has 2 saturated carbocycles. The molecule has 172 valence electrons. The molecular weight excluding hydrogens is 502 g/mol. The fourth-order valence-corrected chi connectivity index (χ4v) is 4.68. The highest BCUT2D eigenvalue weighted by molar-refractivity contribution is 6.53. The van der Waals surface area contributed by atoms with Crippen molar-refractivity contribution in [3.63, 3.8) is 0 Å². The Morgan fingerprint density at radius 2 is 1.85 bits per heavy atom. The van der Waals surface area contributed by atoms with Crippen molar-refractivity contribution in [1.29, 1.82) is 5.26 Å². The number of anilines is 1. The van der Waals surface area contributed by atoms with Crippen LogP contribution < -0.4 is 10.6 Å². The number of nitriles is 1. The van der Waals surface area contributed by atoms with Crippen molar-refractivity contribution < 1.29 is 22.8 Å². The quantitative estimate of drug-likeness (QED) is 0.481. The minimum absolute atomic E-state index is 0.0657. The summed E-state index contributed by atoms with van der Waals surface area (Å²) in [5, 5.41) is 14.5. The van der Waals surface area contributed by atoms with Crippen LogP contribution in [0.25, 0.3) is 0 Å². The van der Waals surface area contributed by atoms with Crippen molar-refractivity contribution in [2.45, 2.75) is 35.1 Å². The van der Waals surface area contributed by atoms with Crippen LogP contribution in [-0.2, 0) is 4.79 Å². The molecule has 2 fully saturated rings. The maximum absolute atomic E-state index is 14.0. The molecule has 0 spiro atoms. The molecule has 0 bridgehead atoms. The predicted molar refractivity (Wildman–Crippen MR) is 117 cm³/mol. The maximum Gasteiger partial charge on any atom is 0.266 e. The number of carbonyl (C=O) groups excluding carboxylic acids is 2. The van der Waals surface area contributed by atoms with Gasteiger partial charge in [-0.2, -0.15) is 5.26 Å². The Bertz CT molecular complexity index is 1200. The molecular formula is C22H15Cl3F3N3O2. The summed E-state index contributed by atoms with van der Waals surface area (Å²) in [6.07, 6.45) is -1.90. The van der Waals surface area contributed by atoms with Gasteiger partial charge in [-0.1, -0.05) is 23.7 Å². The van der Waals surface area contributed by atoms with Crippen LogP contribution in [0.4, 0.5) is 18.9 Å². The molecule has 5 nitrogen and oxygen atoms in total. The first-order chi connectivity index (χ1) is 15.5. The van der Waals surface area contributed by atoms with Gasteiger partial charge in [0.2, 0.25) is 5.91 Å². The molecule has 2 aliphatic rings. The van der Waals surface area contributed by atoms with E-state index in [1.54, 1.807) is 0 Å². The maximum atomic E-state index is 14.0. The zero-order valence-corrected chi connectivity index (χ0v) is 18.9. The topological polar surface area (TPSA) is 82.0 Å². The Hall–Kier alpha value is -2.47. The molecule has 2 N–H and O–H groups in total. The normalized spacial score (nSPS) is 21.8. The van der Waals surface area contributed by atoms with E-state index in [4.69, 9.17) is 40.1 Å². The van der Waals surface area contributed by atoms with Gasteiger partial charge in [-0.3, -0.25) is 9.59 Å². The van der Waals surface area contributed by atoms with E-state index >= 15 is 0 Å². The Balaban J connectivity index is 1.50. The van der Waals surface area contributed by atoms with Gasteiger partial charge < -0.3 is 10.6 Å². The van der Waals surface area contributed by atoms with Crippen LogP contribution in [0.1, 0.15) is 46.7 Å². The third-order valence-corrected chi connectivity index (χ3v) is 7.02. The molecule has 2 aromatic carbocycles. The number of rotatable bonds is 6. The van der Waals surface area contributed by atoms with Crippen LogP contribution in [0.15, 0.2) is 36.4 Å². The summed E-state index contributed by atoms with van der Waals surface area (Å²) < 4.78 is 38.0. The van der Waals surface area contributed by atoms with E-state index in [2.05, 4.69) is 10.6 Å². The molecule has 2 amide bonds. The van der Waals surface area contributed by atoms with Gasteiger partial charge in [-0.15, -0.1) is 23.2 Å². The minimum atomic E-state index is -2.98. The molecule has 0 radical (unpaired) electrons. The molecule has 2 aliphatic carbocycles. The second kappa shape index (κ2) is 8.39. The van der Waals surface area contributed by atoms with Gasteiger partial charge in [0.05, 0.1) is 28.1 Å². The van der Waals surface area contributed by atoms with Crippen LogP contribution in [0.5, 0.6) is 0 Å². The molecule has 2 aromatic rings. The molecule has 0 aliphatic heterocycles. The lowest BCUT2D eigenvalue weighted by Crippen LogP contribution is -2.35. The highest BCUT2D eigenvalue weighted by atomic mass is 35.5. The van der Waals surface area contributed by atoms with E-state index in [0.29, 0.717) is 12.8 Å². The summed E-state index contributed by atoms with van der Waals surface area (Å²) in [5.41, 5.74) is -1.15. The van der Waals surface area contributed by atoms with E-state index < -0.39 is 51.3 Å². The van der Waals surface area contributed by atoms with Crippen LogP contribution in [-0.4, -0.2) is 21.7 Å². The Labute approximate surface area is 201 Å². The SMILES string of the molecule is N#CC1(NC(=O)c2cc(NC(=O)C3C(c4ccc(C(F)F)c(F)c4)C3(Cl)Cl)ccc2Cl)CC1. The first-order valence-corrected chi connectivity index (χ1v) is 10.9. The largest absolute Gasteiger partial charge is 0.334 e. The molecule has 4 rings (SSSR count). The van der Waals surface area contributed by atoms with E-state index in [1.165, 1.54) is 24.3 Å². The number of hydrogen-bond donors (Lipinski definition) is 2. The highest BCUT2D eigenvalue weighted by Crippen LogP contribution is 2.65. The molecule has 0 aromatic heterocycles. The average molecular weight is 517 g/mol. The van der Waals surface area contributed by atoms with Crippen LogP contribution in [0, 0.1) is 23.1 Å². The van der Waals surface area contributed by atoms with Crippen molar-refractivity contribution in [3.05, 3.63) is 63.9 Å². The number of alkyl halides is 4. The zero-order chi connectivity index (χ0) is 24.1. The monoisotopic (exact) mass is 515 g/mol. The van der Waals surface area contributed by atoms with Crippen molar-refractivity contribution >= 4 is 52.3 Å². The van der Waals surface area contributed by atoms with Gasteiger partial charge >= 0.3 is 0 Å². The fourth-order valence-electron chi connectivity index (χ4n) is 3.65. The molecule has 0 saturated heterocycles. The smallest absolute Gasteiger partial charge is 0.266 e. The average Bonchev–Trinajstić information content (AvgIpc) is 3.63. The lowest BCUT2D eigenvalue weighted by Gasteiger charge is -2.12. The standard InChI is InChI=1S/C22H15Cl3F3N3O2/c23-14-4-2-11(8-13(14)19(32)31-21(9-29)5-6-21)30-20(33)17-16(22(17,24)25)10-1-3-12(18(27)28)15(26)7-10/h1-4,7-8,16-18H,5-6H2,(H,30,33)(H,31,32). The highest BCUT2D eigenvalue weighted by Gasteiger charge is 2.67. The first kappa shape index (κ1) is 23.7. The van der Waals surface area contributed by atoms with E-state index in [-0.39, 0.29) is 21.8 Å². The molecule has 2 atom stereocenters. The number of amides is 2. The fraction of sp³-hybridized carbons (Fsp3) is 0.318. The molecule has 33 heavy (non-hydrogen) atoms. The summed E-state index contributed by atoms with van der Waals surface area (Å²) in [6.45, 7) is 0. The molecule has 0 heterocycles. The Morgan fingerprint density at radius 3 is 2.42 bits per heavy atom. The molecule has 11 heteroatoms. The van der Waals surface area contributed by atoms with Gasteiger partial charge in [0, 0.05) is 11.6 Å². The summed E-state index contributed by atoms with van der Waals surface area (Å²) in [4.78, 5) is 25.3. The summed E-state index contributed by atoms with van der Waals surface area (Å²) in [6, 6.07) is 9.36. The van der Waals surface area contributed by atoms with E-state index in [1.807, 2.05) is 6.07 Å². The number of benzene rings is 2. The minimum Gasteiger partial charge on any atom is -0.334 e. The van der Waals surface area contributed by atoms with Gasteiger partial charge in [0.1, 0.15) is 15.7 Å². The number of carbonyl (C=O) groups is 2. The van der Waals surface area contributed by atoms with Gasteiger partial charge in [-0.05, 0) is 42.7 Å². The lowest BCUT2D eigenvalue weighted by atomic mass is 10.1. The number of nitrogens with zero attached hydrogens (tertiary/aromatic N) is 1. The number of hydrogen-bond acceptors (Lipinski definition) is 3. The third kappa shape index (κ3) is 4.50.